The molecule has 4 heteroatoms. The summed E-state index contributed by atoms with van der Waals surface area (Å²) < 4.78 is 5.13. The highest BCUT2D eigenvalue weighted by atomic mass is 35.5. The van der Waals surface area contributed by atoms with Crippen LogP contribution in [0.15, 0.2) is 35.7 Å². The van der Waals surface area contributed by atoms with E-state index in [1.165, 1.54) is 4.88 Å². The molecule has 0 amide bonds. The number of nitrogens with one attached hydrogen (secondary N) is 1. The van der Waals surface area contributed by atoms with Gasteiger partial charge < -0.3 is 10.1 Å². The Balaban J connectivity index is 1.96. The molecule has 0 radical (unpaired) electrons. The van der Waals surface area contributed by atoms with Crippen molar-refractivity contribution in [2.45, 2.75) is 19.5 Å². The van der Waals surface area contributed by atoms with Crippen LogP contribution in [-0.2, 0) is 6.54 Å². The summed E-state index contributed by atoms with van der Waals surface area (Å²) in [4.78, 5) is 1.34. The molecule has 2 nitrogen and oxygen atoms in total. The molecule has 0 aliphatic carbocycles. The summed E-state index contributed by atoms with van der Waals surface area (Å²) in [6.45, 7) is 2.96. The summed E-state index contributed by atoms with van der Waals surface area (Å²) in [7, 11) is 1.62. The molecule has 1 aromatic carbocycles. The Bertz CT molecular complexity index is 499. The Morgan fingerprint density at radius 2 is 2.22 bits per heavy atom. The van der Waals surface area contributed by atoms with E-state index in [0.717, 1.165) is 12.1 Å². The Labute approximate surface area is 117 Å². The predicted octanol–water partition coefficient (Wildman–Crippen LogP) is 4.26. The zero-order valence-electron chi connectivity index (χ0n) is 10.4. The summed E-state index contributed by atoms with van der Waals surface area (Å²) in [5.41, 5.74) is 1.16. The zero-order valence-corrected chi connectivity index (χ0v) is 12.0. The molecule has 1 aromatic heterocycles. The molecule has 1 unspecified atom stereocenters. The van der Waals surface area contributed by atoms with Gasteiger partial charge in [-0.05, 0) is 36.1 Å². The molecule has 0 saturated heterocycles. The maximum absolute atomic E-state index is 6.09. The lowest BCUT2D eigenvalue weighted by Crippen LogP contribution is -2.17. The molecule has 0 saturated carbocycles. The van der Waals surface area contributed by atoms with E-state index in [2.05, 4.69) is 29.8 Å². The van der Waals surface area contributed by atoms with E-state index in [9.17, 15) is 0 Å². The lowest BCUT2D eigenvalue weighted by Gasteiger charge is -2.13. The number of rotatable bonds is 5. The summed E-state index contributed by atoms with van der Waals surface area (Å²) in [5, 5.41) is 6.23. The minimum Gasteiger partial charge on any atom is -0.495 e. The van der Waals surface area contributed by atoms with Gasteiger partial charge in [-0.1, -0.05) is 23.7 Å². The van der Waals surface area contributed by atoms with Crippen LogP contribution >= 0.6 is 22.9 Å². The summed E-state index contributed by atoms with van der Waals surface area (Å²) in [5.74, 6) is 0.715. The van der Waals surface area contributed by atoms with Crippen LogP contribution in [0.2, 0.25) is 5.02 Å². The van der Waals surface area contributed by atoms with Crippen LogP contribution in [0.5, 0.6) is 5.75 Å². The first kappa shape index (κ1) is 13.4. The highest BCUT2D eigenvalue weighted by Crippen LogP contribution is 2.25. The topological polar surface area (TPSA) is 21.3 Å². The molecule has 2 aromatic rings. The van der Waals surface area contributed by atoms with Gasteiger partial charge in [-0.2, -0.15) is 0 Å². The molecule has 1 atom stereocenters. The monoisotopic (exact) mass is 281 g/mol. The minimum absolute atomic E-state index is 0.353. The number of benzene rings is 1. The van der Waals surface area contributed by atoms with Crippen molar-refractivity contribution in [1.82, 2.24) is 5.32 Å². The number of methoxy groups -OCH3 is 1. The highest BCUT2D eigenvalue weighted by molar-refractivity contribution is 7.10. The first-order chi connectivity index (χ1) is 8.70. The van der Waals surface area contributed by atoms with Crippen LogP contribution in [0.4, 0.5) is 0 Å². The zero-order chi connectivity index (χ0) is 13.0. The van der Waals surface area contributed by atoms with Gasteiger partial charge in [-0.15, -0.1) is 11.3 Å². The van der Waals surface area contributed by atoms with E-state index < -0.39 is 0 Å². The first-order valence-electron chi connectivity index (χ1n) is 5.80. The van der Waals surface area contributed by atoms with Crippen molar-refractivity contribution >= 4 is 22.9 Å². The van der Waals surface area contributed by atoms with E-state index in [1.807, 2.05) is 18.2 Å². The number of halogens is 1. The average Bonchev–Trinajstić information content (AvgIpc) is 2.90. The van der Waals surface area contributed by atoms with E-state index >= 15 is 0 Å². The van der Waals surface area contributed by atoms with Crippen LogP contribution in [0, 0.1) is 0 Å². The quantitative estimate of drug-likeness (QED) is 0.884. The van der Waals surface area contributed by atoms with Crippen molar-refractivity contribution in [3.63, 3.8) is 0 Å². The highest BCUT2D eigenvalue weighted by Gasteiger charge is 2.06. The smallest absolute Gasteiger partial charge is 0.137 e. The van der Waals surface area contributed by atoms with Crippen molar-refractivity contribution in [1.29, 1.82) is 0 Å². The third-order valence-corrected chi connectivity index (χ3v) is 4.15. The molecule has 1 N–H and O–H groups in total. The second kappa shape index (κ2) is 6.23. The number of hydrogen-bond donors (Lipinski definition) is 1. The van der Waals surface area contributed by atoms with Gasteiger partial charge in [0.15, 0.2) is 0 Å². The van der Waals surface area contributed by atoms with Gasteiger partial charge in [0.25, 0.3) is 0 Å². The Hall–Kier alpha value is -1.03. The molecule has 0 aliphatic heterocycles. The number of thiophene rings is 1. The van der Waals surface area contributed by atoms with Crippen molar-refractivity contribution in [3.05, 3.63) is 51.2 Å². The third-order valence-electron chi connectivity index (χ3n) is 2.80. The molecule has 0 fully saturated rings. The SMILES string of the molecule is COc1ccc(CNC(C)c2cccs2)cc1Cl. The average molecular weight is 282 g/mol. The number of ether oxygens (including phenoxy) is 1. The van der Waals surface area contributed by atoms with Crippen LogP contribution < -0.4 is 10.1 Å². The standard InChI is InChI=1S/C14H16ClNOS/c1-10(14-4-3-7-18-14)16-9-11-5-6-13(17-2)12(15)8-11/h3-8,10,16H,9H2,1-2H3. The van der Waals surface area contributed by atoms with Gasteiger partial charge in [0, 0.05) is 17.5 Å². The lowest BCUT2D eigenvalue weighted by molar-refractivity contribution is 0.415. The maximum atomic E-state index is 6.09. The molecule has 0 aliphatic rings. The Morgan fingerprint density at radius 3 is 2.83 bits per heavy atom. The van der Waals surface area contributed by atoms with Crippen LogP contribution in [0.25, 0.3) is 0 Å². The second-order valence-electron chi connectivity index (χ2n) is 4.09. The molecule has 96 valence electrons. The van der Waals surface area contributed by atoms with Gasteiger partial charge in [0.05, 0.1) is 12.1 Å². The summed E-state index contributed by atoms with van der Waals surface area (Å²) in [6.07, 6.45) is 0. The van der Waals surface area contributed by atoms with E-state index in [1.54, 1.807) is 18.4 Å². The largest absolute Gasteiger partial charge is 0.495 e. The fourth-order valence-corrected chi connectivity index (χ4v) is 2.77. The molecular weight excluding hydrogens is 266 g/mol. The Morgan fingerprint density at radius 1 is 1.39 bits per heavy atom. The number of hydrogen-bond acceptors (Lipinski definition) is 3. The molecule has 2 rings (SSSR count). The van der Waals surface area contributed by atoms with Crippen molar-refractivity contribution in [2.24, 2.45) is 0 Å². The fourth-order valence-electron chi connectivity index (χ4n) is 1.73. The van der Waals surface area contributed by atoms with Crippen molar-refractivity contribution in [3.8, 4) is 5.75 Å². The van der Waals surface area contributed by atoms with E-state index in [0.29, 0.717) is 16.8 Å². The fraction of sp³-hybridized carbons (Fsp3) is 0.286. The molecule has 1 heterocycles. The predicted molar refractivity (Wildman–Crippen MR) is 77.6 cm³/mol. The molecule has 0 bridgehead atoms. The Kier molecular flexibility index (Phi) is 4.64. The molecule has 0 spiro atoms. The van der Waals surface area contributed by atoms with Gasteiger partial charge in [0.2, 0.25) is 0 Å². The summed E-state index contributed by atoms with van der Waals surface area (Å²) in [6, 6.07) is 10.4. The summed E-state index contributed by atoms with van der Waals surface area (Å²) >= 11 is 7.86. The van der Waals surface area contributed by atoms with Crippen LogP contribution in [-0.4, -0.2) is 7.11 Å². The van der Waals surface area contributed by atoms with Crippen molar-refractivity contribution < 1.29 is 4.74 Å². The van der Waals surface area contributed by atoms with Gasteiger partial charge in [-0.25, -0.2) is 0 Å². The van der Waals surface area contributed by atoms with Gasteiger partial charge >= 0.3 is 0 Å². The van der Waals surface area contributed by atoms with E-state index in [4.69, 9.17) is 16.3 Å². The third kappa shape index (κ3) is 3.25. The van der Waals surface area contributed by atoms with Crippen LogP contribution in [0.3, 0.4) is 0 Å². The van der Waals surface area contributed by atoms with E-state index in [-0.39, 0.29) is 0 Å². The van der Waals surface area contributed by atoms with Gasteiger partial charge in [0.1, 0.15) is 5.75 Å². The first-order valence-corrected chi connectivity index (χ1v) is 7.05. The second-order valence-corrected chi connectivity index (χ2v) is 5.47. The van der Waals surface area contributed by atoms with Gasteiger partial charge in [-0.3, -0.25) is 0 Å². The minimum atomic E-state index is 0.353. The molecular formula is C14H16ClNOS. The lowest BCUT2D eigenvalue weighted by atomic mass is 10.2. The normalized spacial score (nSPS) is 12.4. The van der Waals surface area contributed by atoms with Crippen LogP contribution in [0.1, 0.15) is 23.4 Å². The molecule has 18 heavy (non-hydrogen) atoms. The maximum Gasteiger partial charge on any atom is 0.137 e. The van der Waals surface area contributed by atoms with Crippen molar-refractivity contribution in [2.75, 3.05) is 7.11 Å².